The predicted octanol–water partition coefficient (Wildman–Crippen LogP) is 6.38. The molecule has 172 valence electrons. The van der Waals surface area contributed by atoms with Crippen molar-refractivity contribution in [1.82, 2.24) is 9.55 Å². The van der Waals surface area contributed by atoms with Gasteiger partial charge in [-0.3, -0.25) is 0 Å². The first kappa shape index (κ1) is 22.8. The fourth-order valence-electron chi connectivity index (χ4n) is 3.36. The molecule has 9 heteroatoms. The summed E-state index contributed by atoms with van der Waals surface area (Å²) in [6, 6.07) is 12.3. The van der Waals surface area contributed by atoms with Gasteiger partial charge in [0, 0.05) is 22.7 Å². The number of benzene rings is 2. The molecule has 0 fully saturated rings. The van der Waals surface area contributed by atoms with Gasteiger partial charge >= 0.3 is 12.1 Å². The summed E-state index contributed by atoms with van der Waals surface area (Å²) in [6.07, 6.45) is -2.45. The molecule has 0 atom stereocenters. The third-order valence-electron chi connectivity index (χ3n) is 5.30. The lowest BCUT2D eigenvalue weighted by molar-refractivity contribution is -0.152. The highest BCUT2D eigenvalue weighted by Crippen LogP contribution is 2.34. The van der Waals surface area contributed by atoms with E-state index in [2.05, 4.69) is 4.98 Å². The molecule has 5 nitrogen and oxygen atoms in total. The number of aryl methyl sites for hydroxylation is 1. The largest absolute Gasteiger partial charge is 0.478 e. The maximum absolute atomic E-state index is 12.8. The number of carbonyl (C=O) groups is 1. The molecule has 0 aliphatic heterocycles. The van der Waals surface area contributed by atoms with Crippen molar-refractivity contribution in [3.05, 3.63) is 70.9 Å². The zero-order valence-electron chi connectivity index (χ0n) is 18.1. The van der Waals surface area contributed by atoms with E-state index in [4.69, 9.17) is 4.74 Å². The van der Waals surface area contributed by atoms with Crippen LogP contribution in [0.1, 0.15) is 30.0 Å². The Hall–Kier alpha value is -3.33. The van der Waals surface area contributed by atoms with Gasteiger partial charge in [0.2, 0.25) is 0 Å². The van der Waals surface area contributed by atoms with Crippen molar-refractivity contribution in [2.75, 3.05) is 0 Å². The van der Waals surface area contributed by atoms with Crippen LogP contribution in [-0.2, 0) is 17.5 Å². The molecule has 1 N–H and O–H groups in total. The Balaban J connectivity index is 1.60. The van der Waals surface area contributed by atoms with Gasteiger partial charge in [0.1, 0.15) is 10.8 Å². The van der Waals surface area contributed by atoms with Crippen molar-refractivity contribution < 1.29 is 27.8 Å². The molecule has 33 heavy (non-hydrogen) atoms. The van der Waals surface area contributed by atoms with Crippen LogP contribution in [0, 0.1) is 6.92 Å². The lowest BCUT2D eigenvalue weighted by atomic mass is 10.1. The number of aliphatic carboxylic acids is 1. The number of hydrogen-bond acceptors (Lipinski definition) is 4. The molecule has 0 aliphatic rings. The summed E-state index contributed by atoms with van der Waals surface area (Å²) >= 11 is 1.43. The first-order valence-electron chi connectivity index (χ1n) is 10.1. The van der Waals surface area contributed by atoms with E-state index in [1.807, 2.05) is 29.8 Å². The molecule has 0 saturated carbocycles. The van der Waals surface area contributed by atoms with E-state index in [0.717, 1.165) is 33.6 Å². The minimum Gasteiger partial charge on any atom is -0.478 e. The van der Waals surface area contributed by atoms with Gasteiger partial charge in [0.05, 0.1) is 23.3 Å². The summed E-state index contributed by atoms with van der Waals surface area (Å²) in [5, 5.41) is 10.9. The molecule has 0 saturated heterocycles. The van der Waals surface area contributed by atoms with E-state index in [1.165, 1.54) is 37.3 Å². The Morgan fingerprint density at radius 3 is 2.45 bits per heavy atom. The second kappa shape index (κ2) is 8.22. The molecule has 2 aromatic heterocycles. The van der Waals surface area contributed by atoms with Crippen molar-refractivity contribution >= 4 is 28.2 Å². The van der Waals surface area contributed by atoms with E-state index in [0.29, 0.717) is 22.9 Å². The van der Waals surface area contributed by atoms with Crippen LogP contribution >= 0.6 is 11.3 Å². The van der Waals surface area contributed by atoms with Crippen LogP contribution in [0.15, 0.2) is 54.7 Å². The molecule has 4 rings (SSSR count). The summed E-state index contributed by atoms with van der Waals surface area (Å²) in [6.45, 7) is 5.36. The van der Waals surface area contributed by atoms with Crippen molar-refractivity contribution in [3.8, 4) is 16.3 Å². The van der Waals surface area contributed by atoms with Gasteiger partial charge < -0.3 is 14.4 Å². The average Bonchev–Trinajstić information content (AvgIpc) is 3.31. The SMILES string of the molecule is Cc1nc(-c2ccc(C(F)(F)F)cc2)sc1Cn1ccc2ccc(OC(C)(C)C(=O)O)cc21. The zero-order valence-corrected chi connectivity index (χ0v) is 18.9. The number of ether oxygens (including phenoxy) is 1. The number of fused-ring (bicyclic) bond motifs is 1. The Kier molecular flexibility index (Phi) is 5.69. The van der Waals surface area contributed by atoms with Crippen LogP contribution in [-0.4, -0.2) is 26.2 Å². The summed E-state index contributed by atoms with van der Waals surface area (Å²) < 4.78 is 46.2. The smallest absolute Gasteiger partial charge is 0.416 e. The second-order valence-corrected chi connectivity index (χ2v) is 9.27. The fraction of sp³-hybridized carbons (Fsp3) is 0.250. The van der Waals surface area contributed by atoms with Gasteiger partial charge in [-0.1, -0.05) is 12.1 Å². The maximum Gasteiger partial charge on any atom is 0.416 e. The van der Waals surface area contributed by atoms with Crippen LogP contribution in [0.3, 0.4) is 0 Å². The fourth-order valence-corrected chi connectivity index (χ4v) is 4.42. The van der Waals surface area contributed by atoms with E-state index in [9.17, 15) is 23.1 Å². The average molecular weight is 475 g/mol. The summed E-state index contributed by atoms with van der Waals surface area (Å²) in [5.74, 6) is -0.615. The van der Waals surface area contributed by atoms with E-state index >= 15 is 0 Å². The zero-order chi connectivity index (χ0) is 24.0. The molecule has 0 spiro atoms. The third-order valence-corrected chi connectivity index (χ3v) is 6.49. The van der Waals surface area contributed by atoms with Gasteiger partial charge in [-0.25, -0.2) is 9.78 Å². The minimum atomic E-state index is -4.37. The highest BCUT2D eigenvalue weighted by atomic mass is 32.1. The number of hydrogen-bond donors (Lipinski definition) is 1. The van der Waals surface area contributed by atoms with Crippen LogP contribution < -0.4 is 4.74 Å². The van der Waals surface area contributed by atoms with Crippen LogP contribution in [0.4, 0.5) is 13.2 Å². The second-order valence-electron chi connectivity index (χ2n) is 8.18. The lowest BCUT2D eigenvalue weighted by Crippen LogP contribution is -2.37. The number of thiazole rings is 1. The molecule has 0 unspecified atom stereocenters. The molecule has 0 amide bonds. The molecule has 4 aromatic rings. The number of rotatable bonds is 6. The van der Waals surface area contributed by atoms with Gasteiger partial charge in [0.25, 0.3) is 0 Å². The quantitative estimate of drug-likeness (QED) is 0.352. The summed E-state index contributed by atoms with van der Waals surface area (Å²) in [7, 11) is 0. The normalized spacial score (nSPS) is 12.3. The Bertz CT molecular complexity index is 1320. The van der Waals surface area contributed by atoms with Crippen molar-refractivity contribution in [3.63, 3.8) is 0 Å². The molecule has 2 heterocycles. The molecular formula is C24H21F3N2O3S. The summed E-state index contributed by atoms with van der Waals surface area (Å²) in [4.78, 5) is 16.9. The minimum absolute atomic E-state index is 0.446. The van der Waals surface area contributed by atoms with Crippen LogP contribution in [0.25, 0.3) is 21.5 Å². The Morgan fingerprint density at radius 2 is 1.82 bits per heavy atom. The topological polar surface area (TPSA) is 64.4 Å². The third kappa shape index (κ3) is 4.73. The highest BCUT2D eigenvalue weighted by molar-refractivity contribution is 7.15. The molecule has 0 aliphatic carbocycles. The molecule has 0 radical (unpaired) electrons. The first-order chi connectivity index (χ1) is 15.4. The maximum atomic E-state index is 12.8. The molecule has 0 bridgehead atoms. The molecular weight excluding hydrogens is 453 g/mol. The van der Waals surface area contributed by atoms with Crippen LogP contribution in [0.2, 0.25) is 0 Å². The van der Waals surface area contributed by atoms with Crippen molar-refractivity contribution in [2.24, 2.45) is 0 Å². The molecule has 2 aromatic carbocycles. The van der Waals surface area contributed by atoms with Gasteiger partial charge in [-0.05, 0) is 56.5 Å². The standard InChI is InChI=1S/C24H21F3N2O3S/c1-14-20(33-21(28-14)16-4-7-17(8-5-16)24(25,26)27)13-29-11-10-15-6-9-18(12-19(15)29)32-23(2,3)22(30)31/h4-12H,13H2,1-3H3,(H,30,31). The van der Waals surface area contributed by atoms with Gasteiger partial charge in [-0.2, -0.15) is 13.2 Å². The van der Waals surface area contributed by atoms with Crippen molar-refractivity contribution in [2.45, 2.75) is 39.1 Å². The summed E-state index contributed by atoms with van der Waals surface area (Å²) in [5.41, 5.74) is 0.248. The highest BCUT2D eigenvalue weighted by Gasteiger charge is 2.30. The number of carboxylic acid groups (broad SMARTS) is 1. The number of carboxylic acids is 1. The number of aromatic nitrogens is 2. The number of nitrogens with zero attached hydrogens (tertiary/aromatic N) is 2. The van der Waals surface area contributed by atoms with Crippen LogP contribution in [0.5, 0.6) is 5.75 Å². The van der Waals surface area contributed by atoms with E-state index in [1.54, 1.807) is 12.1 Å². The number of alkyl halides is 3. The van der Waals surface area contributed by atoms with Gasteiger partial charge in [0.15, 0.2) is 5.60 Å². The monoisotopic (exact) mass is 474 g/mol. The van der Waals surface area contributed by atoms with E-state index in [-0.39, 0.29) is 0 Å². The van der Waals surface area contributed by atoms with Gasteiger partial charge in [-0.15, -0.1) is 11.3 Å². The Labute approximate surface area is 192 Å². The number of halogens is 3. The van der Waals surface area contributed by atoms with Crippen molar-refractivity contribution in [1.29, 1.82) is 0 Å². The first-order valence-corrected chi connectivity index (χ1v) is 10.9. The lowest BCUT2D eigenvalue weighted by Gasteiger charge is -2.21. The Morgan fingerprint density at radius 1 is 1.12 bits per heavy atom. The van der Waals surface area contributed by atoms with E-state index < -0.39 is 23.3 Å². The predicted molar refractivity (Wildman–Crippen MR) is 121 cm³/mol.